The normalized spacial score (nSPS) is 10.5. The summed E-state index contributed by atoms with van der Waals surface area (Å²) in [7, 11) is 0. The van der Waals surface area contributed by atoms with Crippen LogP contribution in [0.3, 0.4) is 0 Å². The molecule has 0 spiro atoms. The topological polar surface area (TPSA) is 55.1 Å². The smallest absolute Gasteiger partial charge is 0.309 e. The molecule has 17 heavy (non-hydrogen) atoms. The standard InChI is InChI=1S/C13H14N2O2/c1-9-5-3-4-6-12(9)15-8-11(7-13(16)17)14-10(15)2/h3-6,8H,7H2,1-2H3,(H,16,17). The predicted octanol–water partition coefficient (Wildman–Crippen LogP) is 2.12. The third kappa shape index (κ3) is 2.36. The molecule has 0 amide bonds. The predicted molar refractivity (Wildman–Crippen MR) is 64.4 cm³/mol. The van der Waals surface area contributed by atoms with Crippen LogP contribution < -0.4 is 0 Å². The molecule has 4 heteroatoms. The number of carboxylic acid groups (broad SMARTS) is 1. The lowest BCUT2D eigenvalue weighted by Crippen LogP contribution is -2.00. The molecule has 0 aliphatic carbocycles. The Morgan fingerprint density at radius 2 is 2.06 bits per heavy atom. The van der Waals surface area contributed by atoms with Crippen LogP contribution in [0.25, 0.3) is 5.69 Å². The van der Waals surface area contributed by atoms with Gasteiger partial charge < -0.3 is 9.67 Å². The van der Waals surface area contributed by atoms with Crippen LogP contribution in [0.5, 0.6) is 0 Å². The Bertz CT molecular complexity index is 558. The fraction of sp³-hybridized carbons (Fsp3) is 0.231. The van der Waals surface area contributed by atoms with E-state index in [1.807, 2.05) is 42.7 Å². The molecule has 1 N–H and O–H groups in total. The van der Waals surface area contributed by atoms with Gasteiger partial charge in [0.25, 0.3) is 0 Å². The van der Waals surface area contributed by atoms with Gasteiger partial charge in [0.2, 0.25) is 0 Å². The molecular formula is C13H14N2O2. The van der Waals surface area contributed by atoms with E-state index in [1.165, 1.54) is 0 Å². The maximum atomic E-state index is 10.6. The van der Waals surface area contributed by atoms with Crippen molar-refractivity contribution in [2.45, 2.75) is 20.3 Å². The zero-order chi connectivity index (χ0) is 12.4. The van der Waals surface area contributed by atoms with Crippen LogP contribution in [-0.4, -0.2) is 20.6 Å². The molecule has 2 aromatic rings. The van der Waals surface area contributed by atoms with Gasteiger partial charge in [-0.1, -0.05) is 18.2 Å². The van der Waals surface area contributed by atoms with Crippen molar-refractivity contribution in [3.63, 3.8) is 0 Å². The lowest BCUT2D eigenvalue weighted by molar-refractivity contribution is -0.136. The Labute approximate surface area is 99.5 Å². The average Bonchev–Trinajstić information content (AvgIpc) is 2.59. The van der Waals surface area contributed by atoms with Crippen LogP contribution in [0, 0.1) is 13.8 Å². The molecule has 0 radical (unpaired) electrons. The van der Waals surface area contributed by atoms with E-state index in [1.54, 1.807) is 6.20 Å². The fourth-order valence-corrected chi connectivity index (χ4v) is 1.85. The highest BCUT2D eigenvalue weighted by Gasteiger charge is 2.09. The van der Waals surface area contributed by atoms with Crippen LogP contribution in [0.2, 0.25) is 0 Å². The van der Waals surface area contributed by atoms with Gasteiger partial charge in [0.1, 0.15) is 5.82 Å². The first kappa shape index (κ1) is 11.4. The second-order valence-electron chi connectivity index (χ2n) is 4.01. The van der Waals surface area contributed by atoms with Crippen molar-refractivity contribution in [2.24, 2.45) is 0 Å². The maximum Gasteiger partial charge on any atom is 0.309 e. The Morgan fingerprint density at radius 1 is 1.35 bits per heavy atom. The van der Waals surface area contributed by atoms with E-state index in [4.69, 9.17) is 5.11 Å². The van der Waals surface area contributed by atoms with Crippen molar-refractivity contribution >= 4 is 5.97 Å². The second-order valence-corrected chi connectivity index (χ2v) is 4.01. The fourth-order valence-electron chi connectivity index (χ4n) is 1.85. The summed E-state index contributed by atoms with van der Waals surface area (Å²) in [6, 6.07) is 7.95. The molecule has 0 saturated carbocycles. The van der Waals surface area contributed by atoms with E-state index in [-0.39, 0.29) is 6.42 Å². The molecular weight excluding hydrogens is 216 g/mol. The summed E-state index contributed by atoms with van der Waals surface area (Å²) < 4.78 is 1.92. The Kier molecular flexibility index (Phi) is 2.95. The number of aliphatic carboxylic acids is 1. The third-order valence-electron chi connectivity index (χ3n) is 2.64. The molecule has 0 atom stereocenters. The minimum Gasteiger partial charge on any atom is -0.481 e. The number of carboxylic acids is 1. The Hall–Kier alpha value is -2.10. The van der Waals surface area contributed by atoms with Gasteiger partial charge in [-0.25, -0.2) is 4.98 Å². The summed E-state index contributed by atoms with van der Waals surface area (Å²) in [5.74, 6) is -0.0602. The van der Waals surface area contributed by atoms with E-state index in [0.29, 0.717) is 5.69 Å². The van der Waals surface area contributed by atoms with E-state index in [0.717, 1.165) is 17.1 Å². The van der Waals surface area contributed by atoms with E-state index >= 15 is 0 Å². The lowest BCUT2D eigenvalue weighted by Gasteiger charge is -2.07. The van der Waals surface area contributed by atoms with E-state index < -0.39 is 5.97 Å². The Morgan fingerprint density at radius 3 is 2.71 bits per heavy atom. The zero-order valence-corrected chi connectivity index (χ0v) is 9.84. The first-order valence-corrected chi connectivity index (χ1v) is 5.40. The SMILES string of the molecule is Cc1ccccc1-n1cc(CC(=O)O)nc1C. The Balaban J connectivity index is 2.43. The molecule has 0 aliphatic heterocycles. The van der Waals surface area contributed by atoms with Gasteiger partial charge in [0.05, 0.1) is 12.1 Å². The number of imidazole rings is 1. The molecule has 0 unspecified atom stereocenters. The highest BCUT2D eigenvalue weighted by Crippen LogP contribution is 2.16. The van der Waals surface area contributed by atoms with Gasteiger partial charge >= 0.3 is 5.97 Å². The number of para-hydroxylation sites is 1. The second kappa shape index (κ2) is 4.41. The summed E-state index contributed by atoms with van der Waals surface area (Å²) in [5.41, 5.74) is 2.75. The number of carbonyl (C=O) groups is 1. The first-order chi connectivity index (χ1) is 8.08. The van der Waals surface area contributed by atoms with Crippen LogP contribution >= 0.6 is 0 Å². The minimum atomic E-state index is -0.862. The summed E-state index contributed by atoms with van der Waals surface area (Å²) in [5, 5.41) is 8.74. The molecule has 2 rings (SSSR count). The molecule has 0 fully saturated rings. The number of hydrogen-bond acceptors (Lipinski definition) is 2. The van der Waals surface area contributed by atoms with Crippen LogP contribution in [0.1, 0.15) is 17.1 Å². The molecule has 0 bridgehead atoms. The highest BCUT2D eigenvalue weighted by molar-refractivity contribution is 5.69. The average molecular weight is 230 g/mol. The van der Waals surface area contributed by atoms with Crippen molar-refractivity contribution in [3.05, 3.63) is 47.5 Å². The van der Waals surface area contributed by atoms with Gasteiger partial charge in [0.15, 0.2) is 0 Å². The molecule has 88 valence electrons. The van der Waals surface area contributed by atoms with Crippen LogP contribution in [-0.2, 0) is 11.2 Å². The van der Waals surface area contributed by atoms with Gasteiger partial charge in [-0.15, -0.1) is 0 Å². The third-order valence-corrected chi connectivity index (χ3v) is 2.64. The number of nitrogens with zero attached hydrogens (tertiary/aromatic N) is 2. The summed E-state index contributed by atoms with van der Waals surface area (Å²) in [4.78, 5) is 14.9. The van der Waals surface area contributed by atoms with Gasteiger partial charge in [-0.3, -0.25) is 4.79 Å². The van der Waals surface area contributed by atoms with Crippen LogP contribution in [0.4, 0.5) is 0 Å². The largest absolute Gasteiger partial charge is 0.481 e. The number of benzene rings is 1. The maximum absolute atomic E-state index is 10.6. The van der Waals surface area contributed by atoms with Crippen molar-refractivity contribution in [1.82, 2.24) is 9.55 Å². The summed E-state index contributed by atoms with van der Waals surface area (Å²) >= 11 is 0. The van der Waals surface area contributed by atoms with E-state index in [9.17, 15) is 4.79 Å². The van der Waals surface area contributed by atoms with Crippen molar-refractivity contribution in [1.29, 1.82) is 0 Å². The number of aryl methyl sites for hydroxylation is 2. The van der Waals surface area contributed by atoms with Crippen molar-refractivity contribution in [2.75, 3.05) is 0 Å². The van der Waals surface area contributed by atoms with Crippen LogP contribution in [0.15, 0.2) is 30.5 Å². The highest BCUT2D eigenvalue weighted by atomic mass is 16.4. The molecule has 1 heterocycles. The molecule has 4 nitrogen and oxygen atoms in total. The summed E-state index contributed by atoms with van der Waals surface area (Å²) in [6.45, 7) is 3.89. The zero-order valence-electron chi connectivity index (χ0n) is 9.84. The van der Waals surface area contributed by atoms with E-state index in [2.05, 4.69) is 4.98 Å². The van der Waals surface area contributed by atoms with Gasteiger partial charge in [-0.05, 0) is 25.5 Å². The quantitative estimate of drug-likeness (QED) is 0.878. The van der Waals surface area contributed by atoms with Crippen molar-refractivity contribution < 1.29 is 9.90 Å². The monoisotopic (exact) mass is 230 g/mol. The summed E-state index contributed by atoms with van der Waals surface area (Å²) in [6.07, 6.45) is 1.74. The molecule has 1 aromatic carbocycles. The molecule has 0 saturated heterocycles. The number of aromatic nitrogens is 2. The lowest BCUT2D eigenvalue weighted by atomic mass is 10.2. The number of rotatable bonds is 3. The number of hydrogen-bond donors (Lipinski definition) is 1. The van der Waals surface area contributed by atoms with Gasteiger partial charge in [0, 0.05) is 11.9 Å². The van der Waals surface area contributed by atoms with Gasteiger partial charge in [-0.2, -0.15) is 0 Å². The van der Waals surface area contributed by atoms with Crippen molar-refractivity contribution in [3.8, 4) is 5.69 Å². The minimum absolute atomic E-state index is 0.0419. The molecule has 1 aromatic heterocycles. The first-order valence-electron chi connectivity index (χ1n) is 5.40. The molecule has 0 aliphatic rings.